The van der Waals surface area contributed by atoms with Gasteiger partial charge in [-0.15, -0.1) is 12.4 Å². The third kappa shape index (κ3) is 2.65. The molecule has 0 aliphatic carbocycles. The van der Waals surface area contributed by atoms with Gasteiger partial charge in [0.15, 0.2) is 0 Å². The van der Waals surface area contributed by atoms with Gasteiger partial charge in [0, 0.05) is 19.6 Å². The smallest absolute Gasteiger partial charge is 0.0236 e. The van der Waals surface area contributed by atoms with Crippen molar-refractivity contribution < 1.29 is 0 Å². The Kier molecular flexibility index (Phi) is 4.08. The minimum absolute atomic E-state index is 0. The van der Waals surface area contributed by atoms with E-state index in [1.54, 1.807) is 0 Å². The molecule has 0 aromatic heterocycles. The number of halogens is 1. The van der Waals surface area contributed by atoms with Crippen LogP contribution in [0.4, 0.5) is 0 Å². The van der Waals surface area contributed by atoms with Gasteiger partial charge in [0.25, 0.3) is 0 Å². The predicted molar refractivity (Wildman–Crippen MR) is 73.6 cm³/mol. The topological polar surface area (TPSA) is 15.3 Å². The van der Waals surface area contributed by atoms with Gasteiger partial charge in [-0.2, -0.15) is 0 Å². The predicted octanol–water partition coefficient (Wildman–Crippen LogP) is 2.07. The molecule has 17 heavy (non-hydrogen) atoms. The molecular weight excluding hydrogens is 232 g/mol. The van der Waals surface area contributed by atoms with Gasteiger partial charge in [0.2, 0.25) is 0 Å². The van der Waals surface area contributed by atoms with Crippen molar-refractivity contribution >= 4 is 12.4 Å². The van der Waals surface area contributed by atoms with Gasteiger partial charge in [-0.05, 0) is 43.0 Å². The van der Waals surface area contributed by atoms with E-state index in [1.165, 1.54) is 37.3 Å². The number of fused-ring (bicyclic) bond motifs is 1. The molecule has 2 aliphatic heterocycles. The van der Waals surface area contributed by atoms with Crippen molar-refractivity contribution in [3.63, 3.8) is 0 Å². The molecule has 2 aliphatic rings. The Bertz CT molecular complexity index is 368. The standard InChI is InChI=1S/C14H20N2.ClH/c1-11-4-2-3-5-12(11)8-16-9-13-6-15-7-14(13)10-16;/h2-5,13-15H,6-10H2,1H3;1H/t13-,14+;. The van der Waals surface area contributed by atoms with Crippen LogP contribution in [0.5, 0.6) is 0 Å². The fourth-order valence-electron chi connectivity index (χ4n) is 3.11. The highest BCUT2D eigenvalue weighted by Crippen LogP contribution is 2.27. The number of nitrogens with one attached hydrogen (secondary N) is 1. The van der Waals surface area contributed by atoms with Gasteiger partial charge in [0.05, 0.1) is 0 Å². The maximum Gasteiger partial charge on any atom is 0.0236 e. The lowest BCUT2D eigenvalue weighted by atomic mass is 10.0. The summed E-state index contributed by atoms with van der Waals surface area (Å²) in [6, 6.07) is 8.76. The van der Waals surface area contributed by atoms with Crippen LogP contribution in [0.1, 0.15) is 11.1 Å². The number of nitrogens with zero attached hydrogens (tertiary/aromatic N) is 1. The van der Waals surface area contributed by atoms with Crippen molar-refractivity contribution in [1.82, 2.24) is 10.2 Å². The minimum Gasteiger partial charge on any atom is -0.316 e. The Morgan fingerprint density at radius 2 is 1.82 bits per heavy atom. The summed E-state index contributed by atoms with van der Waals surface area (Å²) in [4.78, 5) is 2.62. The molecule has 0 bridgehead atoms. The summed E-state index contributed by atoms with van der Waals surface area (Å²) in [5, 5.41) is 3.49. The van der Waals surface area contributed by atoms with Gasteiger partial charge in [-0.1, -0.05) is 24.3 Å². The second-order valence-electron chi connectivity index (χ2n) is 5.30. The van der Waals surface area contributed by atoms with Crippen molar-refractivity contribution in [3.8, 4) is 0 Å². The molecule has 1 N–H and O–H groups in total. The van der Waals surface area contributed by atoms with E-state index in [-0.39, 0.29) is 12.4 Å². The summed E-state index contributed by atoms with van der Waals surface area (Å²) in [6.07, 6.45) is 0. The summed E-state index contributed by atoms with van der Waals surface area (Å²) in [5.41, 5.74) is 2.92. The van der Waals surface area contributed by atoms with E-state index < -0.39 is 0 Å². The Morgan fingerprint density at radius 3 is 2.47 bits per heavy atom. The van der Waals surface area contributed by atoms with E-state index in [0.29, 0.717) is 0 Å². The minimum atomic E-state index is 0. The third-order valence-corrected chi connectivity index (χ3v) is 4.12. The second kappa shape index (κ2) is 5.38. The number of benzene rings is 1. The summed E-state index contributed by atoms with van der Waals surface area (Å²) < 4.78 is 0. The fourth-order valence-corrected chi connectivity index (χ4v) is 3.11. The Hall–Kier alpha value is -0.570. The Labute approximate surface area is 110 Å². The lowest BCUT2D eigenvalue weighted by Gasteiger charge is -2.18. The molecular formula is C14H21ClN2. The molecule has 0 spiro atoms. The van der Waals surface area contributed by atoms with Crippen LogP contribution in [-0.2, 0) is 6.54 Å². The first-order chi connectivity index (χ1) is 7.83. The summed E-state index contributed by atoms with van der Waals surface area (Å²) in [6.45, 7) is 8.38. The largest absolute Gasteiger partial charge is 0.316 e. The monoisotopic (exact) mass is 252 g/mol. The molecule has 1 aromatic carbocycles. The summed E-state index contributed by atoms with van der Waals surface area (Å²) in [5.74, 6) is 1.81. The highest BCUT2D eigenvalue weighted by atomic mass is 35.5. The van der Waals surface area contributed by atoms with Gasteiger partial charge in [-0.3, -0.25) is 4.90 Å². The van der Waals surface area contributed by atoms with Gasteiger partial charge in [-0.25, -0.2) is 0 Å². The number of hydrogen-bond donors (Lipinski definition) is 1. The lowest BCUT2D eigenvalue weighted by molar-refractivity contribution is 0.305. The molecule has 2 fully saturated rings. The zero-order chi connectivity index (χ0) is 11.0. The summed E-state index contributed by atoms with van der Waals surface area (Å²) >= 11 is 0. The van der Waals surface area contributed by atoms with E-state index in [4.69, 9.17) is 0 Å². The first-order valence-corrected chi connectivity index (χ1v) is 6.30. The maximum absolute atomic E-state index is 3.49. The van der Waals surface area contributed by atoms with Gasteiger partial charge < -0.3 is 5.32 Å². The molecule has 2 heterocycles. The van der Waals surface area contributed by atoms with E-state index in [1.807, 2.05) is 0 Å². The zero-order valence-electron chi connectivity index (χ0n) is 10.4. The van der Waals surface area contributed by atoms with Crippen molar-refractivity contribution in [1.29, 1.82) is 0 Å². The van der Waals surface area contributed by atoms with Crippen LogP contribution >= 0.6 is 12.4 Å². The molecule has 2 saturated heterocycles. The molecule has 3 heteroatoms. The molecule has 0 radical (unpaired) electrons. The fraction of sp³-hybridized carbons (Fsp3) is 0.571. The molecule has 1 aromatic rings. The second-order valence-corrected chi connectivity index (χ2v) is 5.30. The van der Waals surface area contributed by atoms with Crippen LogP contribution in [0.3, 0.4) is 0 Å². The average Bonchev–Trinajstić information content (AvgIpc) is 2.81. The Morgan fingerprint density at radius 1 is 1.18 bits per heavy atom. The molecule has 0 unspecified atom stereocenters. The average molecular weight is 253 g/mol. The van der Waals surface area contributed by atoms with Crippen LogP contribution in [0.25, 0.3) is 0 Å². The van der Waals surface area contributed by atoms with E-state index >= 15 is 0 Å². The zero-order valence-corrected chi connectivity index (χ0v) is 11.2. The van der Waals surface area contributed by atoms with E-state index in [9.17, 15) is 0 Å². The van der Waals surface area contributed by atoms with Crippen LogP contribution < -0.4 is 5.32 Å². The van der Waals surface area contributed by atoms with Crippen molar-refractivity contribution in [3.05, 3.63) is 35.4 Å². The maximum atomic E-state index is 3.49. The first kappa shape index (κ1) is 12.9. The van der Waals surface area contributed by atoms with Gasteiger partial charge in [0.1, 0.15) is 0 Å². The third-order valence-electron chi connectivity index (χ3n) is 4.12. The number of hydrogen-bond acceptors (Lipinski definition) is 2. The summed E-state index contributed by atoms with van der Waals surface area (Å²) in [7, 11) is 0. The van der Waals surface area contributed by atoms with Crippen molar-refractivity contribution in [2.45, 2.75) is 13.5 Å². The van der Waals surface area contributed by atoms with Crippen LogP contribution in [0, 0.1) is 18.8 Å². The highest BCUT2D eigenvalue weighted by molar-refractivity contribution is 5.85. The number of aryl methyl sites for hydroxylation is 1. The lowest BCUT2D eigenvalue weighted by Crippen LogP contribution is -2.25. The van der Waals surface area contributed by atoms with Gasteiger partial charge >= 0.3 is 0 Å². The Balaban J connectivity index is 0.00000108. The molecule has 94 valence electrons. The molecule has 0 saturated carbocycles. The molecule has 3 rings (SSSR count). The molecule has 2 nitrogen and oxygen atoms in total. The van der Waals surface area contributed by atoms with E-state index in [2.05, 4.69) is 41.4 Å². The first-order valence-electron chi connectivity index (χ1n) is 6.30. The number of rotatable bonds is 2. The van der Waals surface area contributed by atoms with Crippen LogP contribution in [0.2, 0.25) is 0 Å². The van der Waals surface area contributed by atoms with Crippen molar-refractivity contribution in [2.24, 2.45) is 11.8 Å². The van der Waals surface area contributed by atoms with Crippen LogP contribution in [0.15, 0.2) is 24.3 Å². The quantitative estimate of drug-likeness (QED) is 0.867. The number of likely N-dealkylation sites (tertiary alicyclic amines) is 1. The van der Waals surface area contributed by atoms with Crippen molar-refractivity contribution in [2.75, 3.05) is 26.2 Å². The highest BCUT2D eigenvalue weighted by Gasteiger charge is 2.35. The molecule has 0 amide bonds. The SMILES string of the molecule is Cc1ccccc1CN1C[C@H]2CNC[C@H]2C1.Cl. The normalized spacial score (nSPS) is 27.8. The molecule has 2 atom stereocenters. The van der Waals surface area contributed by atoms with Crippen LogP contribution in [-0.4, -0.2) is 31.1 Å². The van der Waals surface area contributed by atoms with E-state index in [0.717, 1.165) is 18.4 Å².